The molecule has 0 aromatic heterocycles. The molecule has 1 aromatic rings. The minimum atomic E-state index is -0.232. The third-order valence-corrected chi connectivity index (χ3v) is 5.32. The molecule has 2 aliphatic heterocycles. The first-order valence-electron chi connectivity index (χ1n) is 10.9. The van der Waals surface area contributed by atoms with Crippen LogP contribution >= 0.6 is 0 Å². The number of amides is 1. The fourth-order valence-corrected chi connectivity index (χ4v) is 3.65. The van der Waals surface area contributed by atoms with Crippen molar-refractivity contribution in [2.75, 3.05) is 59.6 Å². The number of hydrogen-bond acceptors (Lipinski definition) is 5. The van der Waals surface area contributed by atoms with Crippen LogP contribution in [0.4, 0.5) is 0 Å². The van der Waals surface area contributed by atoms with E-state index in [1.54, 1.807) is 7.11 Å². The second-order valence-corrected chi connectivity index (χ2v) is 7.43. The molecule has 0 bridgehead atoms. The molecule has 0 saturated carbocycles. The number of piperazine rings is 1. The van der Waals surface area contributed by atoms with Crippen LogP contribution in [0.2, 0.25) is 0 Å². The molecule has 2 fully saturated rings. The number of methoxy groups -OCH3 is 1. The van der Waals surface area contributed by atoms with Crippen LogP contribution in [0, 0.1) is 0 Å². The number of hydrogen-bond donors (Lipinski definition) is 1. The van der Waals surface area contributed by atoms with Gasteiger partial charge in [0.25, 0.3) is 5.91 Å². The van der Waals surface area contributed by atoms with Crippen molar-refractivity contribution in [1.29, 1.82) is 0 Å². The van der Waals surface area contributed by atoms with E-state index in [0.717, 1.165) is 56.4 Å². The Morgan fingerprint density at radius 2 is 1.87 bits per heavy atom. The summed E-state index contributed by atoms with van der Waals surface area (Å²) < 4.78 is 16.5. The van der Waals surface area contributed by atoms with Gasteiger partial charge in [-0.05, 0) is 44.0 Å². The average Bonchev–Trinajstić information content (AvgIpc) is 3.33. The summed E-state index contributed by atoms with van der Waals surface area (Å²) >= 11 is 0. The number of aliphatic imine (C=N–C) groups is 1. The average molecular weight is 419 g/mol. The number of nitrogens with zero attached hydrogens (tertiary/aromatic N) is 3. The molecule has 1 amide bonds. The van der Waals surface area contributed by atoms with Crippen molar-refractivity contribution in [2.24, 2.45) is 4.99 Å². The van der Waals surface area contributed by atoms with Crippen molar-refractivity contribution in [1.82, 2.24) is 15.1 Å². The smallest absolute Gasteiger partial charge is 0.251 e. The van der Waals surface area contributed by atoms with Gasteiger partial charge in [-0.25, -0.2) is 0 Å². The lowest BCUT2D eigenvalue weighted by Gasteiger charge is -2.37. The van der Waals surface area contributed by atoms with E-state index in [-0.39, 0.29) is 12.0 Å². The van der Waals surface area contributed by atoms with Gasteiger partial charge in [0.2, 0.25) is 0 Å². The number of benzene rings is 1. The van der Waals surface area contributed by atoms with Crippen LogP contribution in [0.5, 0.6) is 11.5 Å². The van der Waals surface area contributed by atoms with E-state index < -0.39 is 0 Å². The monoisotopic (exact) mass is 418 g/mol. The number of ether oxygens (including phenoxy) is 3. The fraction of sp³-hybridized carbons (Fsp3) is 0.636. The molecule has 2 aliphatic rings. The Morgan fingerprint density at radius 1 is 1.17 bits per heavy atom. The zero-order chi connectivity index (χ0) is 21.2. The summed E-state index contributed by atoms with van der Waals surface area (Å²) in [6.45, 7) is 7.88. The number of guanidine groups is 1. The Kier molecular flexibility index (Phi) is 8.62. The van der Waals surface area contributed by atoms with E-state index >= 15 is 0 Å². The molecule has 1 aromatic carbocycles. The summed E-state index contributed by atoms with van der Waals surface area (Å²) in [5.41, 5.74) is 0. The number of rotatable bonds is 8. The van der Waals surface area contributed by atoms with Crippen LogP contribution in [0.25, 0.3) is 0 Å². The molecule has 166 valence electrons. The van der Waals surface area contributed by atoms with Crippen LogP contribution < -0.4 is 14.8 Å². The minimum absolute atomic E-state index is 0.143. The summed E-state index contributed by atoms with van der Waals surface area (Å²) in [5.74, 6) is 2.70. The zero-order valence-corrected chi connectivity index (χ0v) is 18.1. The van der Waals surface area contributed by atoms with Gasteiger partial charge in [-0.2, -0.15) is 0 Å². The first-order valence-corrected chi connectivity index (χ1v) is 10.9. The number of nitrogens with one attached hydrogen (secondary N) is 1. The van der Waals surface area contributed by atoms with Gasteiger partial charge in [0, 0.05) is 52.3 Å². The predicted molar refractivity (Wildman–Crippen MR) is 116 cm³/mol. The van der Waals surface area contributed by atoms with Gasteiger partial charge in [-0.1, -0.05) is 0 Å². The standard InChI is InChI=1S/C22H34N4O4/c1-3-23-22(24-11-5-17-29-19-9-7-18(28-2)8-10-19)26-14-12-25(13-15-26)21(27)20-6-4-16-30-20/h7-10,20H,3-6,11-17H2,1-2H3,(H,23,24). The molecular formula is C22H34N4O4. The van der Waals surface area contributed by atoms with E-state index in [2.05, 4.69) is 17.1 Å². The first-order chi connectivity index (χ1) is 14.7. The lowest BCUT2D eigenvalue weighted by Crippen LogP contribution is -2.55. The second-order valence-electron chi connectivity index (χ2n) is 7.43. The van der Waals surface area contributed by atoms with Gasteiger partial charge in [0.05, 0.1) is 13.7 Å². The van der Waals surface area contributed by atoms with Gasteiger partial charge in [0.1, 0.15) is 17.6 Å². The Hall–Kier alpha value is -2.48. The van der Waals surface area contributed by atoms with E-state index in [9.17, 15) is 4.79 Å². The molecule has 1 unspecified atom stereocenters. The highest BCUT2D eigenvalue weighted by Crippen LogP contribution is 2.17. The minimum Gasteiger partial charge on any atom is -0.497 e. The highest BCUT2D eigenvalue weighted by Gasteiger charge is 2.30. The van der Waals surface area contributed by atoms with Crippen molar-refractivity contribution < 1.29 is 19.0 Å². The van der Waals surface area contributed by atoms with Gasteiger partial charge in [-0.15, -0.1) is 0 Å². The maximum absolute atomic E-state index is 12.5. The van der Waals surface area contributed by atoms with Gasteiger partial charge < -0.3 is 29.3 Å². The molecule has 8 heteroatoms. The van der Waals surface area contributed by atoms with E-state index in [1.807, 2.05) is 29.2 Å². The fourth-order valence-electron chi connectivity index (χ4n) is 3.65. The molecule has 2 saturated heterocycles. The van der Waals surface area contributed by atoms with Crippen molar-refractivity contribution in [2.45, 2.75) is 32.3 Å². The largest absolute Gasteiger partial charge is 0.497 e. The molecule has 3 rings (SSSR count). The third-order valence-electron chi connectivity index (χ3n) is 5.32. The lowest BCUT2D eigenvalue weighted by molar-refractivity contribution is -0.142. The molecule has 1 N–H and O–H groups in total. The Labute approximate surface area is 179 Å². The van der Waals surface area contributed by atoms with E-state index in [4.69, 9.17) is 19.2 Å². The van der Waals surface area contributed by atoms with Crippen molar-refractivity contribution >= 4 is 11.9 Å². The zero-order valence-electron chi connectivity index (χ0n) is 18.1. The first kappa shape index (κ1) is 22.2. The van der Waals surface area contributed by atoms with Crippen molar-refractivity contribution in [3.63, 3.8) is 0 Å². The Morgan fingerprint density at radius 3 is 2.50 bits per heavy atom. The molecule has 8 nitrogen and oxygen atoms in total. The number of carbonyl (C=O) groups is 1. The van der Waals surface area contributed by atoms with Crippen LogP contribution in [-0.2, 0) is 9.53 Å². The van der Waals surface area contributed by atoms with E-state index in [0.29, 0.717) is 32.8 Å². The lowest BCUT2D eigenvalue weighted by atomic mass is 10.2. The van der Waals surface area contributed by atoms with Crippen molar-refractivity contribution in [3.8, 4) is 11.5 Å². The van der Waals surface area contributed by atoms with Crippen LogP contribution in [0.3, 0.4) is 0 Å². The SMILES string of the molecule is CCNC(=NCCCOc1ccc(OC)cc1)N1CCN(C(=O)C2CCCO2)CC1. The topological polar surface area (TPSA) is 75.6 Å². The van der Waals surface area contributed by atoms with Crippen LogP contribution in [0.1, 0.15) is 26.2 Å². The van der Waals surface area contributed by atoms with E-state index in [1.165, 1.54) is 0 Å². The Bertz CT molecular complexity index is 681. The van der Waals surface area contributed by atoms with Gasteiger partial charge >= 0.3 is 0 Å². The normalized spacial score (nSPS) is 19.7. The maximum atomic E-state index is 12.5. The van der Waals surface area contributed by atoms with Gasteiger partial charge in [0.15, 0.2) is 5.96 Å². The van der Waals surface area contributed by atoms with Crippen molar-refractivity contribution in [3.05, 3.63) is 24.3 Å². The molecule has 0 spiro atoms. The molecular weight excluding hydrogens is 384 g/mol. The molecule has 2 heterocycles. The maximum Gasteiger partial charge on any atom is 0.251 e. The summed E-state index contributed by atoms with van der Waals surface area (Å²) in [7, 11) is 1.65. The quantitative estimate of drug-likeness (QED) is 0.394. The summed E-state index contributed by atoms with van der Waals surface area (Å²) in [4.78, 5) is 21.4. The van der Waals surface area contributed by atoms with Crippen LogP contribution in [0.15, 0.2) is 29.3 Å². The molecule has 0 aliphatic carbocycles. The molecule has 0 radical (unpaired) electrons. The summed E-state index contributed by atoms with van der Waals surface area (Å²) in [5, 5.41) is 3.37. The highest BCUT2D eigenvalue weighted by molar-refractivity contribution is 5.82. The third kappa shape index (κ3) is 6.26. The van der Waals surface area contributed by atoms with Crippen LogP contribution in [-0.4, -0.2) is 87.4 Å². The summed E-state index contributed by atoms with van der Waals surface area (Å²) in [6.07, 6.45) is 2.43. The number of carbonyl (C=O) groups excluding carboxylic acids is 1. The molecule has 30 heavy (non-hydrogen) atoms. The molecule has 1 atom stereocenters. The second kappa shape index (κ2) is 11.6. The predicted octanol–water partition coefficient (Wildman–Crippen LogP) is 1.75. The highest BCUT2D eigenvalue weighted by atomic mass is 16.5. The van der Waals surface area contributed by atoms with Gasteiger partial charge in [-0.3, -0.25) is 9.79 Å². The Balaban J connectivity index is 1.41. The summed E-state index contributed by atoms with van der Waals surface area (Å²) in [6, 6.07) is 7.59.